The van der Waals surface area contributed by atoms with Gasteiger partial charge in [-0.3, -0.25) is 4.79 Å². The summed E-state index contributed by atoms with van der Waals surface area (Å²) in [7, 11) is 0. The van der Waals surface area contributed by atoms with Crippen molar-refractivity contribution >= 4 is 17.7 Å². The van der Waals surface area contributed by atoms with Gasteiger partial charge in [0.25, 0.3) is 5.91 Å². The van der Waals surface area contributed by atoms with Crippen LogP contribution in [0.15, 0.2) is 24.3 Å². The Balaban J connectivity index is 2.44. The first kappa shape index (κ1) is 18.8. The highest BCUT2D eigenvalue weighted by Gasteiger charge is 2.22. The topological polar surface area (TPSA) is 93.5 Å². The molecular formula is C17H27N3O3. The van der Waals surface area contributed by atoms with Gasteiger partial charge in [-0.2, -0.15) is 0 Å². The van der Waals surface area contributed by atoms with E-state index in [1.807, 2.05) is 34.6 Å². The van der Waals surface area contributed by atoms with Crippen LogP contribution in [0.1, 0.15) is 45.0 Å². The highest BCUT2D eigenvalue weighted by molar-refractivity contribution is 5.94. The molecular weight excluding hydrogens is 294 g/mol. The van der Waals surface area contributed by atoms with Crippen molar-refractivity contribution in [2.45, 2.75) is 40.2 Å². The van der Waals surface area contributed by atoms with Crippen LogP contribution in [0.2, 0.25) is 0 Å². The van der Waals surface area contributed by atoms with Crippen LogP contribution < -0.4 is 16.4 Å². The Morgan fingerprint density at radius 1 is 1.00 bits per heavy atom. The zero-order valence-electron chi connectivity index (χ0n) is 14.5. The van der Waals surface area contributed by atoms with Gasteiger partial charge in [-0.1, -0.05) is 13.8 Å². The summed E-state index contributed by atoms with van der Waals surface area (Å²) in [6.45, 7) is 10.1. The highest BCUT2D eigenvalue weighted by Crippen LogP contribution is 2.14. The molecule has 4 N–H and O–H groups in total. The fourth-order valence-electron chi connectivity index (χ4n) is 1.74. The van der Waals surface area contributed by atoms with E-state index in [1.165, 1.54) is 0 Å². The van der Waals surface area contributed by atoms with Crippen molar-refractivity contribution in [2.75, 3.05) is 18.8 Å². The van der Waals surface area contributed by atoms with Crippen molar-refractivity contribution in [2.24, 2.45) is 5.41 Å². The van der Waals surface area contributed by atoms with E-state index in [-0.39, 0.29) is 11.3 Å². The smallest absolute Gasteiger partial charge is 0.407 e. The predicted octanol–water partition coefficient (Wildman–Crippen LogP) is 2.55. The van der Waals surface area contributed by atoms with Crippen LogP contribution in [-0.2, 0) is 4.74 Å². The van der Waals surface area contributed by atoms with Crippen molar-refractivity contribution in [1.29, 1.82) is 0 Å². The maximum Gasteiger partial charge on any atom is 0.407 e. The molecule has 0 bridgehead atoms. The van der Waals surface area contributed by atoms with Gasteiger partial charge in [0.1, 0.15) is 5.60 Å². The molecule has 2 amide bonds. The Hall–Kier alpha value is -2.24. The van der Waals surface area contributed by atoms with Crippen LogP contribution in [0.3, 0.4) is 0 Å². The molecule has 0 fully saturated rings. The largest absolute Gasteiger partial charge is 0.444 e. The van der Waals surface area contributed by atoms with E-state index >= 15 is 0 Å². The third-order valence-electron chi connectivity index (χ3n) is 3.01. The van der Waals surface area contributed by atoms with Crippen LogP contribution in [0.4, 0.5) is 10.5 Å². The second-order valence-electron chi connectivity index (χ2n) is 7.32. The van der Waals surface area contributed by atoms with E-state index in [4.69, 9.17) is 10.5 Å². The molecule has 0 radical (unpaired) electrons. The summed E-state index contributed by atoms with van der Waals surface area (Å²) in [6, 6.07) is 6.72. The van der Waals surface area contributed by atoms with Crippen LogP contribution in [-0.4, -0.2) is 30.7 Å². The van der Waals surface area contributed by atoms with E-state index in [0.717, 1.165) is 0 Å². The number of alkyl carbamates (subject to hydrolysis) is 1. The zero-order valence-corrected chi connectivity index (χ0v) is 14.5. The molecule has 0 aromatic heterocycles. The highest BCUT2D eigenvalue weighted by atomic mass is 16.6. The van der Waals surface area contributed by atoms with Gasteiger partial charge < -0.3 is 21.1 Å². The first-order valence-electron chi connectivity index (χ1n) is 7.59. The minimum atomic E-state index is -0.530. The van der Waals surface area contributed by atoms with Crippen molar-refractivity contribution < 1.29 is 14.3 Å². The molecule has 0 aliphatic heterocycles. The minimum Gasteiger partial charge on any atom is -0.444 e. The summed E-state index contributed by atoms with van der Waals surface area (Å²) in [5.41, 5.74) is 5.93. The number of nitrogen functional groups attached to an aromatic ring is 1. The summed E-state index contributed by atoms with van der Waals surface area (Å²) in [4.78, 5) is 23.7. The van der Waals surface area contributed by atoms with Gasteiger partial charge in [0, 0.05) is 24.3 Å². The maximum atomic E-state index is 12.1. The lowest BCUT2D eigenvalue weighted by Crippen LogP contribution is -2.43. The van der Waals surface area contributed by atoms with Crippen LogP contribution in [0, 0.1) is 5.41 Å². The van der Waals surface area contributed by atoms with Crippen LogP contribution in [0.25, 0.3) is 0 Å². The molecule has 0 aliphatic rings. The molecule has 1 aromatic rings. The van der Waals surface area contributed by atoms with Gasteiger partial charge in [-0.05, 0) is 50.5 Å². The first-order valence-corrected chi connectivity index (χ1v) is 7.59. The third-order valence-corrected chi connectivity index (χ3v) is 3.01. The summed E-state index contributed by atoms with van der Waals surface area (Å²) < 4.78 is 5.19. The fraction of sp³-hybridized carbons (Fsp3) is 0.529. The molecule has 0 saturated carbocycles. The molecule has 6 heteroatoms. The summed E-state index contributed by atoms with van der Waals surface area (Å²) in [5, 5.41) is 5.58. The lowest BCUT2D eigenvalue weighted by atomic mass is 9.93. The first-order chi connectivity index (χ1) is 10.5. The number of carbonyl (C=O) groups excluding carboxylic acids is 2. The minimum absolute atomic E-state index is 0.171. The number of hydrogen-bond acceptors (Lipinski definition) is 4. The van der Waals surface area contributed by atoms with Gasteiger partial charge in [-0.15, -0.1) is 0 Å². The Kier molecular flexibility index (Phi) is 6.01. The van der Waals surface area contributed by atoms with Crippen molar-refractivity contribution in [3.05, 3.63) is 29.8 Å². The van der Waals surface area contributed by atoms with E-state index in [9.17, 15) is 9.59 Å². The lowest BCUT2D eigenvalue weighted by Gasteiger charge is -2.26. The van der Waals surface area contributed by atoms with Crippen molar-refractivity contribution in [1.82, 2.24) is 10.6 Å². The molecule has 0 atom stereocenters. The van der Waals surface area contributed by atoms with Crippen molar-refractivity contribution in [3.8, 4) is 0 Å². The standard InChI is InChI=1S/C17H27N3O3/c1-16(2,3)23-15(22)20-11-17(4,5)10-19-14(21)12-6-8-13(18)9-7-12/h6-9H,10-11,18H2,1-5H3,(H,19,21)(H,20,22). The van der Waals surface area contributed by atoms with E-state index in [1.54, 1.807) is 24.3 Å². The number of amides is 2. The van der Waals surface area contributed by atoms with Gasteiger partial charge in [0.05, 0.1) is 0 Å². The number of ether oxygens (including phenoxy) is 1. The Morgan fingerprint density at radius 3 is 2.04 bits per heavy atom. The number of carbonyl (C=O) groups is 2. The van der Waals surface area contributed by atoms with Crippen molar-refractivity contribution in [3.63, 3.8) is 0 Å². The van der Waals surface area contributed by atoms with Gasteiger partial charge in [0.15, 0.2) is 0 Å². The molecule has 0 heterocycles. The summed E-state index contributed by atoms with van der Waals surface area (Å²) >= 11 is 0. The van der Waals surface area contributed by atoms with Gasteiger partial charge in [0.2, 0.25) is 0 Å². The average molecular weight is 321 g/mol. The van der Waals surface area contributed by atoms with E-state index in [2.05, 4.69) is 10.6 Å². The Labute approximate surface area is 137 Å². The molecule has 1 rings (SSSR count). The molecule has 0 unspecified atom stereocenters. The normalized spacial score (nSPS) is 11.7. The summed E-state index contributed by atoms with van der Waals surface area (Å²) in [5.74, 6) is -0.171. The van der Waals surface area contributed by atoms with Crippen LogP contribution in [0.5, 0.6) is 0 Å². The SMILES string of the molecule is CC(C)(CNC(=O)OC(C)(C)C)CNC(=O)c1ccc(N)cc1. The third kappa shape index (κ3) is 7.54. The fourth-order valence-corrected chi connectivity index (χ4v) is 1.74. The Morgan fingerprint density at radius 2 is 1.52 bits per heavy atom. The molecule has 0 aliphatic carbocycles. The number of benzene rings is 1. The number of rotatable bonds is 5. The zero-order chi connectivity index (χ0) is 17.7. The number of hydrogen-bond donors (Lipinski definition) is 3. The summed E-state index contributed by atoms with van der Waals surface area (Å²) in [6.07, 6.45) is -0.463. The monoisotopic (exact) mass is 321 g/mol. The second kappa shape index (κ2) is 7.35. The predicted molar refractivity (Wildman–Crippen MR) is 91.2 cm³/mol. The average Bonchev–Trinajstić information content (AvgIpc) is 2.42. The molecule has 23 heavy (non-hydrogen) atoms. The second-order valence-corrected chi connectivity index (χ2v) is 7.32. The number of nitrogens with one attached hydrogen (secondary N) is 2. The number of nitrogens with two attached hydrogens (primary N) is 1. The van der Waals surface area contributed by atoms with E-state index < -0.39 is 11.7 Å². The number of anilines is 1. The maximum absolute atomic E-state index is 12.1. The molecule has 0 saturated heterocycles. The molecule has 0 spiro atoms. The van der Waals surface area contributed by atoms with E-state index in [0.29, 0.717) is 24.3 Å². The van der Waals surface area contributed by atoms with Gasteiger partial charge >= 0.3 is 6.09 Å². The lowest BCUT2D eigenvalue weighted by molar-refractivity contribution is 0.0506. The molecule has 128 valence electrons. The Bertz CT molecular complexity index is 545. The quantitative estimate of drug-likeness (QED) is 0.727. The molecule has 1 aromatic carbocycles. The van der Waals surface area contributed by atoms with Gasteiger partial charge in [-0.25, -0.2) is 4.79 Å². The molecule has 6 nitrogen and oxygen atoms in total. The van der Waals surface area contributed by atoms with Crippen LogP contribution >= 0.6 is 0 Å².